The molecule has 0 atom stereocenters. The van der Waals surface area contributed by atoms with Crippen LogP contribution in [0.4, 0.5) is 0 Å². The molecule has 10 aromatic rings. The van der Waals surface area contributed by atoms with E-state index in [9.17, 15) is 0 Å². The van der Waals surface area contributed by atoms with Gasteiger partial charge in [-0.15, -0.1) is 11.3 Å². The summed E-state index contributed by atoms with van der Waals surface area (Å²) in [5, 5.41) is 7.13. The van der Waals surface area contributed by atoms with Crippen molar-refractivity contribution in [1.82, 2.24) is 14.5 Å². The molecule has 0 aliphatic carbocycles. The highest BCUT2D eigenvalue weighted by molar-refractivity contribution is 7.25. The highest BCUT2D eigenvalue weighted by Gasteiger charge is 2.20. The molecule has 0 unspecified atom stereocenters. The minimum absolute atomic E-state index is 0.671. The normalized spacial score (nSPS) is 12.0. The molecule has 0 saturated carbocycles. The van der Waals surface area contributed by atoms with Gasteiger partial charge < -0.3 is 4.42 Å². The Morgan fingerprint density at radius 1 is 0.511 bits per heavy atom. The number of rotatable bonds is 3. The third-order valence-corrected chi connectivity index (χ3v) is 9.96. The van der Waals surface area contributed by atoms with Crippen LogP contribution in [0, 0.1) is 0 Å². The van der Waals surface area contributed by atoms with Crippen LogP contribution in [0.1, 0.15) is 0 Å². The van der Waals surface area contributed by atoms with Gasteiger partial charge in [0.05, 0.1) is 16.7 Å². The minimum atomic E-state index is 0.671. The van der Waals surface area contributed by atoms with Crippen molar-refractivity contribution in [3.05, 3.63) is 140 Å². The number of thiophene rings is 1. The van der Waals surface area contributed by atoms with Crippen molar-refractivity contribution >= 4 is 75.3 Å². The molecule has 4 nitrogen and oxygen atoms in total. The largest absolute Gasteiger partial charge is 0.455 e. The fourth-order valence-electron chi connectivity index (χ4n) is 6.79. The predicted molar refractivity (Wildman–Crippen MR) is 187 cm³/mol. The van der Waals surface area contributed by atoms with Crippen LogP contribution in [0.3, 0.4) is 0 Å². The van der Waals surface area contributed by atoms with E-state index < -0.39 is 0 Å². The summed E-state index contributed by atoms with van der Waals surface area (Å²) < 4.78 is 11.4. The zero-order valence-corrected chi connectivity index (χ0v) is 24.8. The molecule has 0 amide bonds. The molecule has 0 radical (unpaired) electrons. The topological polar surface area (TPSA) is 43.9 Å². The van der Waals surface area contributed by atoms with E-state index in [-0.39, 0.29) is 0 Å². The minimum Gasteiger partial charge on any atom is -0.455 e. The summed E-state index contributed by atoms with van der Waals surface area (Å²) >= 11 is 1.85. The number of benzene rings is 6. The Labute approximate surface area is 261 Å². The van der Waals surface area contributed by atoms with Crippen molar-refractivity contribution in [1.29, 1.82) is 0 Å². The maximum Gasteiger partial charge on any atom is 0.162 e. The molecule has 0 aliphatic rings. The summed E-state index contributed by atoms with van der Waals surface area (Å²) in [7, 11) is 0. The van der Waals surface area contributed by atoms with Crippen molar-refractivity contribution < 1.29 is 4.42 Å². The summed E-state index contributed by atoms with van der Waals surface area (Å²) in [6.07, 6.45) is 0. The molecule has 45 heavy (non-hydrogen) atoms. The molecule has 0 fully saturated rings. The average Bonchev–Trinajstić information content (AvgIpc) is 3.76. The predicted octanol–water partition coefficient (Wildman–Crippen LogP) is 11.2. The lowest BCUT2D eigenvalue weighted by Crippen LogP contribution is -2.02. The Bertz CT molecular complexity index is 2770. The molecule has 4 aromatic heterocycles. The lowest BCUT2D eigenvalue weighted by molar-refractivity contribution is 0.670. The molecule has 10 rings (SSSR count). The molecule has 0 aliphatic heterocycles. The van der Waals surface area contributed by atoms with Gasteiger partial charge >= 0.3 is 0 Å². The van der Waals surface area contributed by atoms with Gasteiger partial charge in [-0.25, -0.2) is 9.97 Å². The van der Waals surface area contributed by atoms with Crippen LogP contribution in [-0.2, 0) is 0 Å². The van der Waals surface area contributed by atoms with Crippen LogP contribution in [0.5, 0.6) is 0 Å². The van der Waals surface area contributed by atoms with Crippen LogP contribution in [0.15, 0.2) is 144 Å². The summed E-state index contributed by atoms with van der Waals surface area (Å²) in [6.45, 7) is 0. The van der Waals surface area contributed by atoms with Crippen molar-refractivity contribution in [3.8, 4) is 28.5 Å². The molecular formula is C40H23N3OS. The van der Waals surface area contributed by atoms with Gasteiger partial charge in [-0.05, 0) is 36.4 Å². The number of para-hydroxylation sites is 3. The molecule has 0 spiro atoms. The number of hydrogen-bond acceptors (Lipinski definition) is 4. The van der Waals surface area contributed by atoms with Gasteiger partial charge in [0.1, 0.15) is 17.0 Å². The second-order valence-corrected chi connectivity index (χ2v) is 12.5. The number of hydrogen-bond donors (Lipinski definition) is 0. The van der Waals surface area contributed by atoms with Crippen LogP contribution >= 0.6 is 11.3 Å². The van der Waals surface area contributed by atoms with Crippen molar-refractivity contribution in [2.75, 3.05) is 0 Å². The Morgan fingerprint density at radius 2 is 1.27 bits per heavy atom. The number of nitrogens with zero attached hydrogens (tertiary/aromatic N) is 3. The molecule has 4 heterocycles. The summed E-state index contributed by atoms with van der Waals surface area (Å²) in [4.78, 5) is 10.4. The van der Waals surface area contributed by atoms with E-state index in [1.807, 2.05) is 41.7 Å². The van der Waals surface area contributed by atoms with E-state index in [0.717, 1.165) is 55.6 Å². The summed E-state index contributed by atoms with van der Waals surface area (Å²) in [6, 6.07) is 48.8. The molecule has 210 valence electrons. The number of aromatic nitrogens is 3. The van der Waals surface area contributed by atoms with Crippen LogP contribution in [0.25, 0.3) is 92.4 Å². The first-order chi connectivity index (χ1) is 22.3. The van der Waals surface area contributed by atoms with Crippen LogP contribution < -0.4 is 0 Å². The monoisotopic (exact) mass is 593 g/mol. The Balaban J connectivity index is 1.31. The quantitative estimate of drug-likeness (QED) is 0.205. The summed E-state index contributed by atoms with van der Waals surface area (Å²) in [5.41, 5.74) is 6.65. The fraction of sp³-hybridized carbons (Fsp3) is 0. The second-order valence-electron chi connectivity index (χ2n) is 11.4. The third-order valence-electron chi connectivity index (χ3n) is 8.83. The van der Waals surface area contributed by atoms with Crippen molar-refractivity contribution in [2.45, 2.75) is 0 Å². The van der Waals surface area contributed by atoms with Crippen molar-refractivity contribution in [2.24, 2.45) is 0 Å². The zero-order valence-electron chi connectivity index (χ0n) is 23.9. The van der Waals surface area contributed by atoms with Gasteiger partial charge in [0.2, 0.25) is 0 Å². The van der Waals surface area contributed by atoms with Crippen molar-refractivity contribution in [3.63, 3.8) is 0 Å². The molecular weight excluding hydrogens is 571 g/mol. The highest BCUT2D eigenvalue weighted by Crippen LogP contribution is 2.41. The molecule has 6 aromatic carbocycles. The first-order valence-electron chi connectivity index (χ1n) is 15.0. The van der Waals surface area contributed by atoms with E-state index >= 15 is 0 Å². The average molecular weight is 594 g/mol. The first-order valence-corrected chi connectivity index (χ1v) is 15.8. The van der Waals surface area contributed by atoms with E-state index in [2.05, 4.69) is 114 Å². The smallest absolute Gasteiger partial charge is 0.162 e. The SMILES string of the molecule is c1ccc(-c2nc(-c3cccc4c3oc3ccccc34)cc(-n3c4ccccc4c4cc5sc6ccccc6c5cc43)n2)cc1. The molecule has 5 heteroatoms. The highest BCUT2D eigenvalue weighted by atomic mass is 32.1. The maximum absolute atomic E-state index is 6.47. The fourth-order valence-corrected chi connectivity index (χ4v) is 7.91. The van der Waals surface area contributed by atoms with Gasteiger partial charge in [-0.2, -0.15) is 0 Å². The Hall–Kier alpha value is -5.78. The molecule has 0 N–H and O–H groups in total. The van der Waals surface area contributed by atoms with Gasteiger partial charge in [0.25, 0.3) is 0 Å². The standard InChI is InChI=1S/C40H23N3OS/c1-2-11-24(12-3-1)40-41-32(29-17-10-16-28-26-14-5-8-19-35(26)44-39(28)29)23-38(42-40)43-33-18-7-4-13-25(33)30-22-37-31(21-34(30)43)27-15-6-9-20-36(27)45-37/h1-23H. The van der Waals surface area contributed by atoms with E-state index in [0.29, 0.717) is 5.82 Å². The lowest BCUT2D eigenvalue weighted by Gasteiger charge is -2.12. The second kappa shape index (κ2) is 9.36. The number of furan rings is 1. The van der Waals surface area contributed by atoms with Gasteiger partial charge in [0, 0.05) is 58.9 Å². The first kappa shape index (κ1) is 24.6. The van der Waals surface area contributed by atoms with Gasteiger partial charge in [-0.1, -0.05) is 97.1 Å². The van der Waals surface area contributed by atoms with Gasteiger partial charge in [-0.3, -0.25) is 4.57 Å². The number of fused-ring (bicyclic) bond motifs is 9. The zero-order chi connectivity index (χ0) is 29.5. The van der Waals surface area contributed by atoms with Gasteiger partial charge in [0.15, 0.2) is 5.82 Å². The maximum atomic E-state index is 6.47. The summed E-state index contributed by atoms with van der Waals surface area (Å²) in [5.74, 6) is 1.49. The Kier molecular flexibility index (Phi) is 5.12. The van der Waals surface area contributed by atoms with Crippen LogP contribution in [-0.4, -0.2) is 14.5 Å². The third kappa shape index (κ3) is 3.65. The van der Waals surface area contributed by atoms with Crippen LogP contribution in [0.2, 0.25) is 0 Å². The van der Waals surface area contributed by atoms with E-state index in [1.165, 1.54) is 30.9 Å². The van der Waals surface area contributed by atoms with E-state index in [4.69, 9.17) is 14.4 Å². The Morgan fingerprint density at radius 3 is 2.18 bits per heavy atom. The molecule has 0 saturated heterocycles. The van der Waals surface area contributed by atoms with E-state index in [1.54, 1.807) is 0 Å². The molecule has 0 bridgehead atoms. The lowest BCUT2D eigenvalue weighted by atomic mass is 10.1.